The van der Waals surface area contributed by atoms with Gasteiger partial charge in [0.15, 0.2) is 0 Å². The van der Waals surface area contributed by atoms with Crippen molar-refractivity contribution in [2.75, 3.05) is 32.1 Å². The molecule has 0 saturated carbocycles. The van der Waals surface area contributed by atoms with Crippen LogP contribution in [0.15, 0.2) is 11.1 Å². The summed E-state index contributed by atoms with van der Waals surface area (Å²) in [5, 5.41) is 0. The Balaban J connectivity index is 2.22. The third kappa shape index (κ3) is 2.79. The van der Waals surface area contributed by atoms with Gasteiger partial charge in [0, 0.05) is 19.1 Å². The number of anilines is 1. The number of hydrogen-bond acceptors (Lipinski definition) is 4. The average Bonchev–Trinajstić information content (AvgIpc) is 2.33. The Hall–Kier alpha value is -0.630. The second-order valence-electron chi connectivity index (χ2n) is 4.57. The minimum Gasteiger partial charge on any atom is -0.354 e. The van der Waals surface area contributed by atoms with Gasteiger partial charge in [-0.3, -0.25) is 4.79 Å². The molecule has 1 fully saturated rings. The highest BCUT2D eigenvalue weighted by molar-refractivity contribution is 14.1. The molecule has 1 aromatic rings. The molecule has 0 aromatic carbocycles. The minimum absolute atomic E-state index is 0.0532. The van der Waals surface area contributed by atoms with Crippen LogP contribution in [0.4, 0.5) is 5.82 Å². The Bertz CT molecular complexity index is 445. The van der Waals surface area contributed by atoms with Gasteiger partial charge < -0.3 is 14.8 Å². The van der Waals surface area contributed by atoms with Gasteiger partial charge in [-0.25, -0.2) is 4.98 Å². The first-order valence-electron chi connectivity index (χ1n) is 5.74. The van der Waals surface area contributed by atoms with Crippen LogP contribution in [0.5, 0.6) is 0 Å². The second kappa shape index (κ2) is 5.34. The summed E-state index contributed by atoms with van der Waals surface area (Å²) in [5.41, 5.74) is -0.0532. The first-order valence-corrected chi connectivity index (χ1v) is 6.82. The number of piperidine rings is 1. The van der Waals surface area contributed by atoms with Crippen LogP contribution in [-0.4, -0.2) is 48.1 Å². The number of likely N-dealkylation sites (N-methyl/N-ethyl adjacent to an activating group) is 1. The summed E-state index contributed by atoms with van der Waals surface area (Å²) < 4.78 is 0.685. The van der Waals surface area contributed by atoms with Crippen molar-refractivity contribution in [2.24, 2.45) is 0 Å². The van der Waals surface area contributed by atoms with Gasteiger partial charge in [-0.15, -0.1) is 0 Å². The van der Waals surface area contributed by atoms with Gasteiger partial charge in [0.05, 0.1) is 6.33 Å². The molecule has 6 heteroatoms. The summed E-state index contributed by atoms with van der Waals surface area (Å²) in [6.45, 7) is 1.93. The topological polar surface area (TPSA) is 52.2 Å². The molecule has 5 nitrogen and oxygen atoms in total. The first kappa shape index (κ1) is 12.8. The zero-order valence-corrected chi connectivity index (χ0v) is 12.3. The fraction of sp³-hybridized carbons (Fsp3) is 0.636. The summed E-state index contributed by atoms with van der Waals surface area (Å²) >= 11 is 2.07. The van der Waals surface area contributed by atoms with Gasteiger partial charge in [0.25, 0.3) is 5.56 Å². The quantitative estimate of drug-likeness (QED) is 0.808. The molecule has 2 heterocycles. The van der Waals surface area contributed by atoms with E-state index in [0.29, 0.717) is 9.61 Å². The van der Waals surface area contributed by atoms with E-state index in [2.05, 4.69) is 56.5 Å². The number of hydrogen-bond donors (Lipinski definition) is 1. The standard InChI is InChI=1S/C11H17IN4O/c1-15(2)8-4-3-5-16(6-8)10-9(12)11(17)14-7-13-10/h7-8H,3-6H2,1-2H3,(H,13,14,17). The molecule has 1 N–H and O–H groups in total. The third-order valence-corrected chi connectivity index (χ3v) is 4.18. The average molecular weight is 348 g/mol. The summed E-state index contributed by atoms with van der Waals surface area (Å²) in [6.07, 6.45) is 3.84. The molecule has 0 bridgehead atoms. The molecule has 0 radical (unpaired) electrons. The monoisotopic (exact) mass is 348 g/mol. The predicted molar refractivity (Wildman–Crippen MR) is 76.5 cm³/mol. The van der Waals surface area contributed by atoms with Crippen molar-refractivity contribution in [2.45, 2.75) is 18.9 Å². The Morgan fingerprint density at radius 3 is 3.06 bits per heavy atom. The highest BCUT2D eigenvalue weighted by Gasteiger charge is 2.24. The number of H-pyrrole nitrogens is 1. The van der Waals surface area contributed by atoms with Crippen molar-refractivity contribution in [1.29, 1.82) is 0 Å². The van der Waals surface area contributed by atoms with Crippen molar-refractivity contribution in [3.63, 3.8) is 0 Å². The zero-order valence-electron chi connectivity index (χ0n) is 10.1. The molecule has 2 rings (SSSR count). The van der Waals surface area contributed by atoms with Crippen molar-refractivity contribution in [3.05, 3.63) is 20.3 Å². The lowest BCUT2D eigenvalue weighted by Gasteiger charge is -2.36. The van der Waals surface area contributed by atoms with E-state index in [1.807, 2.05) is 0 Å². The van der Waals surface area contributed by atoms with Crippen LogP contribution in [0.3, 0.4) is 0 Å². The molecule has 0 amide bonds. The third-order valence-electron chi connectivity index (χ3n) is 3.20. The Kier molecular flexibility index (Phi) is 4.03. The molecule has 1 aliphatic rings. The van der Waals surface area contributed by atoms with Gasteiger partial charge in [0.2, 0.25) is 0 Å². The Morgan fingerprint density at radius 2 is 2.35 bits per heavy atom. The minimum atomic E-state index is -0.0532. The zero-order chi connectivity index (χ0) is 12.4. The summed E-state index contributed by atoms with van der Waals surface area (Å²) in [5.74, 6) is 0.820. The molecule has 1 unspecified atom stereocenters. The Morgan fingerprint density at radius 1 is 1.59 bits per heavy atom. The van der Waals surface area contributed by atoms with Crippen LogP contribution in [0.25, 0.3) is 0 Å². The van der Waals surface area contributed by atoms with Gasteiger partial charge in [-0.05, 0) is 49.5 Å². The lowest BCUT2D eigenvalue weighted by atomic mass is 10.1. The first-order chi connectivity index (χ1) is 8.09. The molecule has 1 aromatic heterocycles. The van der Waals surface area contributed by atoms with Gasteiger partial charge in [-0.2, -0.15) is 0 Å². The molecule has 0 aliphatic carbocycles. The lowest BCUT2D eigenvalue weighted by Crippen LogP contribution is -2.46. The number of nitrogens with one attached hydrogen (secondary N) is 1. The van der Waals surface area contributed by atoms with E-state index in [-0.39, 0.29) is 5.56 Å². The fourth-order valence-corrected chi connectivity index (χ4v) is 2.80. The number of aromatic nitrogens is 2. The summed E-state index contributed by atoms with van der Waals surface area (Å²) in [6, 6.07) is 0.542. The highest BCUT2D eigenvalue weighted by Crippen LogP contribution is 2.21. The van der Waals surface area contributed by atoms with Crippen molar-refractivity contribution in [1.82, 2.24) is 14.9 Å². The molecule has 1 saturated heterocycles. The van der Waals surface area contributed by atoms with E-state index in [4.69, 9.17) is 0 Å². The van der Waals surface area contributed by atoms with E-state index < -0.39 is 0 Å². The van der Waals surface area contributed by atoms with Gasteiger partial charge in [-0.1, -0.05) is 0 Å². The van der Waals surface area contributed by atoms with E-state index in [1.54, 1.807) is 0 Å². The largest absolute Gasteiger partial charge is 0.354 e. The van der Waals surface area contributed by atoms with Crippen LogP contribution in [0, 0.1) is 3.57 Å². The van der Waals surface area contributed by atoms with Crippen molar-refractivity contribution < 1.29 is 0 Å². The smallest absolute Gasteiger partial charge is 0.266 e. The molecule has 17 heavy (non-hydrogen) atoms. The summed E-state index contributed by atoms with van der Waals surface area (Å²) in [4.78, 5) is 22.9. The van der Waals surface area contributed by atoms with E-state index >= 15 is 0 Å². The number of rotatable bonds is 2. The molecule has 0 spiro atoms. The van der Waals surface area contributed by atoms with Crippen LogP contribution < -0.4 is 10.5 Å². The van der Waals surface area contributed by atoms with Crippen LogP contribution in [0.2, 0.25) is 0 Å². The predicted octanol–water partition coefficient (Wildman–Crippen LogP) is 0.905. The summed E-state index contributed by atoms with van der Waals surface area (Å²) in [7, 11) is 4.20. The van der Waals surface area contributed by atoms with Crippen LogP contribution in [0.1, 0.15) is 12.8 Å². The van der Waals surface area contributed by atoms with Crippen molar-refractivity contribution in [3.8, 4) is 0 Å². The maximum absolute atomic E-state index is 11.6. The van der Waals surface area contributed by atoms with E-state index in [9.17, 15) is 4.79 Å². The second-order valence-corrected chi connectivity index (χ2v) is 5.65. The Labute approximate surface area is 114 Å². The van der Waals surface area contributed by atoms with Crippen molar-refractivity contribution >= 4 is 28.4 Å². The molecular formula is C11H17IN4O. The molecule has 1 atom stereocenters. The molecule has 1 aliphatic heterocycles. The number of halogens is 1. The number of aromatic amines is 1. The van der Waals surface area contributed by atoms with E-state index in [0.717, 1.165) is 25.3 Å². The highest BCUT2D eigenvalue weighted by atomic mass is 127. The molecule has 94 valence electrons. The van der Waals surface area contributed by atoms with Crippen LogP contribution >= 0.6 is 22.6 Å². The fourth-order valence-electron chi connectivity index (χ4n) is 2.16. The maximum atomic E-state index is 11.6. The maximum Gasteiger partial charge on any atom is 0.266 e. The van der Waals surface area contributed by atoms with Crippen LogP contribution in [-0.2, 0) is 0 Å². The number of nitrogens with zero attached hydrogens (tertiary/aromatic N) is 3. The van der Waals surface area contributed by atoms with E-state index in [1.165, 1.54) is 12.7 Å². The lowest BCUT2D eigenvalue weighted by molar-refractivity contribution is 0.257. The molecular weight excluding hydrogens is 331 g/mol. The van der Waals surface area contributed by atoms with Gasteiger partial charge >= 0.3 is 0 Å². The normalized spacial score (nSPS) is 20.9. The SMILES string of the molecule is CN(C)C1CCCN(c2nc[nH]c(=O)c2I)C1. The van der Waals surface area contributed by atoms with Gasteiger partial charge in [0.1, 0.15) is 9.39 Å².